The second-order valence-electron chi connectivity index (χ2n) is 6.29. The second kappa shape index (κ2) is 6.76. The Morgan fingerprint density at radius 2 is 2.25 bits per heavy atom. The molecule has 112 valence electrons. The molecule has 2 rings (SSSR count). The molecule has 20 heavy (non-hydrogen) atoms. The molecule has 1 fully saturated rings. The van der Waals surface area contributed by atoms with E-state index in [2.05, 4.69) is 36.4 Å². The first-order valence-corrected chi connectivity index (χ1v) is 8.34. The maximum Gasteiger partial charge on any atom is 0.169 e. The number of thioether (sulfide) groups is 1. The van der Waals surface area contributed by atoms with Crippen LogP contribution in [-0.2, 0) is 6.54 Å². The van der Waals surface area contributed by atoms with Gasteiger partial charge < -0.3 is 10.6 Å². The summed E-state index contributed by atoms with van der Waals surface area (Å²) in [6.07, 6.45) is 3.97. The van der Waals surface area contributed by atoms with Crippen molar-refractivity contribution in [2.24, 2.45) is 0 Å². The van der Waals surface area contributed by atoms with Gasteiger partial charge >= 0.3 is 0 Å². The highest BCUT2D eigenvalue weighted by atomic mass is 32.2. The SMILES string of the molecule is CC(C)(C)NCc1ccnc(NC2CCCSC2)c1F. The van der Waals surface area contributed by atoms with E-state index < -0.39 is 0 Å². The van der Waals surface area contributed by atoms with Crippen LogP contribution in [0.5, 0.6) is 0 Å². The molecule has 0 saturated carbocycles. The van der Waals surface area contributed by atoms with Crippen LogP contribution in [-0.4, -0.2) is 28.1 Å². The van der Waals surface area contributed by atoms with Crippen molar-refractivity contribution in [2.45, 2.75) is 51.7 Å². The van der Waals surface area contributed by atoms with Crippen LogP contribution in [0.1, 0.15) is 39.2 Å². The van der Waals surface area contributed by atoms with Gasteiger partial charge in [-0.1, -0.05) is 0 Å². The number of hydrogen-bond donors (Lipinski definition) is 2. The lowest BCUT2D eigenvalue weighted by molar-refractivity contribution is 0.418. The van der Waals surface area contributed by atoms with Gasteiger partial charge in [-0.2, -0.15) is 11.8 Å². The first-order chi connectivity index (χ1) is 9.46. The predicted octanol–water partition coefficient (Wildman–Crippen LogP) is 3.42. The summed E-state index contributed by atoms with van der Waals surface area (Å²) in [6, 6.07) is 2.08. The maximum atomic E-state index is 14.4. The number of halogens is 1. The van der Waals surface area contributed by atoms with Crippen molar-refractivity contribution in [3.05, 3.63) is 23.6 Å². The fourth-order valence-electron chi connectivity index (χ4n) is 2.13. The van der Waals surface area contributed by atoms with E-state index in [1.165, 1.54) is 12.2 Å². The monoisotopic (exact) mass is 297 g/mol. The quantitative estimate of drug-likeness (QED) is 0.893. The number of anilines is 1. The van der Waals surface area contributed by atoms with Crippen molar-refractivity contribution in [1.82, 2.24) is 10.3 Å². The Bertz CT molecular complexity index is 439. The van der Waals surface area contributed by atoms with Crippen molar-refractivity contribution < 1.29 is 4.39 Å². The average molecular weight is 297 g/mol. The van der Waals surface area contributed by atoms with Gasteiger partial charge in [0.15, 0.2) is 11.6 Å². The molecule has 0 spiro atoms. The lowest BCUT2D eigenvalue weighted by atomic mass is 10.1. The van der Waals surface area contributed by atoms with Gasteiger partial charge in [0.1, 0.15) is 0 Å². The Balaban J connectivity index is 2.02. The normalized spacial score (nSPS) is 19.9. The predicted molar refractivity (Wildman–Crippen MR) is 84.8 cm³/mol. The Morgan fingerprint density at radius 1 is 1.45 bits per heavy atom. The molecule has 2 N–H and O–H groups in total. The summed E-state index contributed by atoms with van der Waals surface area (Å²) in [4.78, 5) is 4.15. The van der Waals surface area contributed by atoms with E-state index >= 15 is 0 Å². The summed E-state index contributed by atoms with van der Waals surface area (Å²) in [7, 11) is 0. The van der Waals surface area contributed by atoms with Crippen LogP contribution in [0.25, 0.3) is 0 Å². The van der Waals surface area contributed by atoms with E-state index in [4.69, 9.17) is 0 Å². The zero-order valence-electron chi connectivity index (χ0n) is 12.5. The molecule has 1 aliphatic heterocycles. The Labute approximate surface area is 125 Å². The zero-order chi connectivity index (χ0) is 14.6. The van der Waals surface area contributed by atoms with Gasteiger partial charge in [0, 0.05) is 35.6 Å². The van der Waals surface area contributed by atoms with Crippen LogP contribution in [0.4, 0.5) is 10.2 Å². The van der Waals surface area contributed by atoms with Crippen LogP contribution in [0.3, 0.4) is 0 Å². The highest BCUT2D eigenvalue weighted by Gasteiger charge is 2.18. The summed E-state index contributed by atoms with van der Waals surface area (Å²) in [5.41, 5.74) is 0.643. The third kappa shape index (κ3) is 4.63. The molecule has 1 atom stereocenters. The van der Waals surface area contributed by atoms with Gasteiger partial charge in [0.2, 0.25) is 0 Å². The molecular weight excluding hydrogens is 273 g/mol. The van der Waals surface area contributed by atoms with Crippen molar-refractivity contribution in [2.75, 3.05) is 16.8 Å². The minimum Gasteiger partial charge on any atom is -0.364 e. The van der Waals surface area contributed by atoms with Crippen LogP contribution in [0.15, 0.2) is 12.3 Å². The van der Waals surface area contributed by atoms with Crippen LogP contribution >= 0.6 is 11.8 Å². The smallest absolute Gasteiger partial charge is 0.169 e. The third-order valence-electron chi connectivity index (χ3n) is 3.28. The Hall–Kier alpha value is -0.810. The molecule has 3 nitrogen and oxygen atoms in total. The van der Waals surface area contributed by atoms with Crippen LogP contribution < -0.4 is 10.6 Å². The van der Waals surface area contributed by atoms with Gasteiger partial charge in [-0.3, -0.25) is 0 Å². The Morgan fingerprint density at radius 3 is 2.90 bits per heavy atom. The minimum atomic E-state index is -0.222. The summed E-state index contributed by atoms with van der Waals surface area (Å²) in [5.74, 6) is 2.42. The largest absolute Gasteiger partial charge is 0.364 e. The molecule has 0 aromatic carbocycles. The topological polar surface area (TPSA) is 37.0 Å². The molecule has 0 radical (unpaired) electrons. The van der Waals surface area contributed by atoms with Gasteiger partial charge in [0.25, 0.3) is 0 Å². The average Bonchev–Trinajstić information content (AvgIpc) is 2.40. The lowest BCUT2D eigenvalue weighted by Gasteiger charge is -2.24. The van der Waals surface area contributed by atoms with E-state index in [9.17, 15) is 4.39 Å². The number of nitrogens with one attached hydrogen (secondary N) is 2. The van der Waals surface area contributed by atoms with E-state index in [0.29, 0.717) is 24.0 Å². The highest BCUT2D eigenvalue weighted by molar-refractivity contribution is 7.99. The van der Waals surface area contributed by atoms with Crippen molar-refractivity contribution in [1.29, 1.82) is 0 Å². The Kier molecular flexibility index (Phi) is 5.27. The number of aromatic nitrogens is 1. The van der Waals surface area contributed by atoms with E-state index in [0.717, 1.165) is 12.2 Å². The maximum absolute atomic E-state index is 14.4. The van der Waals surface area contributed by atoms with Crippen molar-refractivity contribution >= 4 is 17.6 Å². The molecule has 0 bridgehead atoms. The molecule has 0 aliphatic carbocycles. The lowest BCUT2D eigenvalue weighted by Crippen LogP contribution is -2.35. The molecule has 1 aliphatic rings. The number of hydrogen-bond acceptors (Lipinski definition) is 4. The summed E-state index contributed by atoms with van der Waals surface area (Å²) < 4.78 is 14.4. The van der Waals surface area contributed by atoms with Crippen molar-refractivity contribution in [3.8, 4) is 0 Å². The standard InChI is InChI=1S/C15H24FN3S/c1-15(2,3)18-9-11-6-7-17-14(13(11)16)19-12-5-4-8-20-10-12/h6-7,12,18H,4-5,8-10H2,1-3H3,(H,17,19). The van der Waals surface area contributed by atoms with Crippen LogP contribution in [0.2, 0.25) is 0 Å². The highest BCUT2D eigenvalue weighted by Crippen LogP contribution is 2.22. The second-order valence-corrected chi connectivity index (χ2v) is 7.44. The fourth-order valence-corrected chi connectivity index (χ4v) is 3.20. The van der Waals surface area contributed by atoms with Gasteiger partial charge in [0.05, 0.1) is 0 Å². The summed E-state index contributed by atoms with van der Waals surface area (Å²) in [5, 5.41) is 6.56. The molecule has 2 heterocycles. The summed E-state index contributed by atoms with van der Waals surface area (Å²) in [6.45, 7) is 6.74. The molecule has 5 heteroatoms. The molecule has 1 aromatic heterocycles. The van der Waals surface area contributed by atoms with Crippen molar-refractivity contribution in [3.63, 3.8) is 0 Å². The number of pyridine rings is 1. The summed E-state index contributed by atoms with van der Waals surface area (Å²) >= 11 is 1.92. The van der Waals surface area contributed by atoms with E-state index in [1.807, 2.05) is 11.8 Å². The first kappa shape index (κ1) is 15.6. The minimum absolute atomic E-state index is 0.0245. The first-order valence-electron chi connectivity index (χ1n) is 7.18. The molecule has 1 aromatic rings. The molecule has 0 amide bonds. The molecule has 1 saturated heterocycles. The molecular formula is C15H24FN3S. The van der Waals surface area contributed by atoms with E-state index in [1.54, 1.807) is 12.3 Å². The van der Waals surface area contributed by atoms with Gasteiger partial charge in [-0.25, -0.2) is 9.37 Å². The van der Waals surface area contributed by atoms with Gasteiger partial charge in [-0.05, 0) is 45.4 Å². The van der Waals surface area contributed by atoms with Crippen LogP contribution in [0, 0.1) is 5.82 Å². The number of nitrogens with zero attached hydrogens (tertiary/aromatic N) is 1. The zero-order valence-corrected chi connectivity index (χ0v) is 13.3. The molecule has 1 unspecified atom stereocenters. The van der Waals surface area contributed by atoms with Gasteiger partial charge in [-0.15, -0.1) is 0 Å². The number of rotatable bonds is 4. The third-order valence-corrected chi connectivity index (χ3v) is 4.49. The van der Waals surface area contributed by atoms with E-state index in [-0.39, 0.29) is 11.4 Å². The fraction of sp³-hybridized carbons (Fsp3) is 0.667.